The minimum atomic E-state index is -0.692. The average molecular weight is 701 g/mol. The van der Waals surface area contributed by atoms with Gasteiger partial charge in [0.15, 0.2) is 0 Å². The van der Waals surface area contributed by atoms with Crippen LogP contribution in [0.3, 0.4) is 0 Å². The van der Waals surface area contributed by atoms with E-state index in [-0.39, 0.29) is 5.41 Å². The molecule has 4 heteroatoms. The number of benzene rings is 5. The number of rotatable bonds is 8. The molecule has 0 amide bonds. The van der Waals surface area contributed by atoms with Crippen LogP contribution in [0.25, 0.3) is 38.9 Å². The van der Waals surface area contributed by atoms with E-state index >= 15 is 0 Å². The summed E-state index contributed by atoms with van der Waals surface area (Å²) in [6.07, 6.45) is 4.86. The van der Waals surface area contributed by atoms with E-state index in [0.717, 1.165) is 67.6 Å². The number of hydrogen-bond donors (Lipinski definition) is 0. The van der Waals surface area contributed by atoms with Gasteiger partial charge in [-0.05, 0) is 106 Å². The fraction of sp³-hybridized carbons (Fsp3) is 0.180. The van der Waals surface area contributed by atoms with Crippen molar-refractivity contribution in [1.29, 1.82) is 5.26 Å². The van der Waals surface area contributed by atoms with E-state index in [1.807, 2.05) is 24.5 Å². The summed E-state index contributed by atoms with van der Waals surface area (Å²) in [5.41, 5.74) is 11.1. The molecule has 4 nitrogen and oxygen atoms in total. The molecule has 0 unspecified atom stereocenters. The minimum absolute atomic E-state index is 0.0560. The van der Waals surface area contributed by atoms with Gasteiger partial charge in [-0.3, -0.25) is 9.55 Å². The molecule has 8 aromatic rings. The molecule has 0 aliphatic rings. The van der Waals surface area contributed by atoms with Gasteiger partial charge in [0, 0.05) is 28.7 Å². The molecule has 3 heterocycles. The summed E-state index contributed by atoms with van der Waals surface area (Å²) in [5, 5.41) is 12.0. The number of nitrogens with zero attached hydrogens (tertiary/aromatic N) is 4. The van der Waals surface area contributed by atoms with Crippen molar-refractivity contribution in [3.05, 3.63) is 197 Å². The molecule has 0 saturated carbocycles. The summed E-state index contributed by atoms with van der Waals surface area (Å²) < 4.78 is 2.27. The van der Waals surface area contributed by atoms with Gasteiger partial charge < -0.3 is 0 Å². The topological polar surface area (TPSA) is 54.5 Å². The molecule has 0 N–H and O–H groups in total. The van der Waals surface area contributed by atoms with E-state index in [2.05, 4.69) is 179 Å². The van der Waals surface area contributed by atoms with Crippen LogP contribution in [-0.2, 0) is 17.3 Å². The number of fused-ring (bicyclic) bond motifs is 3. The molecule has 0 radical (unpaired) electrons. The Hall–Kier alpha value is -6.31. The van der Waals surface area contributed by atoms with Gasteiger partial charge in [-0.2, -0.15) is 5.26 Å². The Bertz CT molecular complexity index is 2620. The summed E-state index contributed by atoms with van der Waals surface area (Å²) in [4.78, 5) is 9.84. The van der Waals surface area contributed by atoms with Crippen LogP contribution >= 0.6 is 0 Å². The van der Waals surface area contributed by atoms with E-state index in [1.54, 1.807) is 0 Å². The summed E-state index contributed by atoms with van der Waals surface area (Å²) in [7, 11) is 0. The molecule has 5 aromatic carbocycles. The van der Waals surface area contributed by atoms with E-state index in [4.69, 9.17) is 9.97 Å². The van der Waals surface area contributed by atoms with E-state index in [0.29, 0.717) is 11.5 Å². The second kappa shape index (κ2) is 13.9. The molecule has 0 aliphatic heterocycles. The predicted molar refractivity (Wildman–Crippen MR) is 222 cm³/mol. The Morgan fingerprint density at radius 1 is 0.593 bits per heavy atom. The van der Waals surface area contributed by atoms with Crippen LogP contribution in [0.15, 0.2) is 158 Å². The second-order valence-corrected chi connectivity index (χ2v) is 15.8. The highest BCUT2D eigenvalue weighted by atomic mass is 15.1. The van der Waals surface area contributed by atoms with Crippen LogP contribution < -0.4 is 0 Å². The van der Waals surface area contributed by atoms with Gasteiger partial charge in [-0.25, -0.2) is 4.98 Å². The first-order valence-electron chi connectivity index (χ1n) is 18.8. The Kier molecular flexibility index (Phi) is 8.96. The highest BCUT2D eigenvalue weighted by Crippen LogP contribution is 2.47. The lowest BCUT2D eigenvalue weighted by Gasteiger charge is -2.37. The first-order valence-corrected chi connectivity index (χ1v) is 18.8. The first kappa shape index (κ1) is 34.8. The van der Waals surface area contributed by atoms with E-state index < -0.39 is 5.41 Å². The summed E-state index contributed by atoms with van der Waals surface area (Å²) in [6.45, 7) is 11.2. The lowest BCUT2D eigenvalue weighted by atomic mass is 9.65. The first-order chi connectivity index (χ1) is 26.2. The van der Waals surface area contributed by atoms with Crippen LogP contribution in [0.5, 0.6) is 0 Å². The molecule has 8 rings (SSSR count). The van der Waals surface area contributed by atoms with Crippen molar-refractivity contribution in [2.45, 2.75) is 51.9 Å². The van der Waals surface area contributed by atoms with Crippen LogP contribution in [0.2, 0.25) is 0 Å². The Labute approximate surface area is 318 Å². The second-order valence-electron chi connectivity index (χ2n) is 15.8. The summed E-state index contributed by atoms with van der Waals surface area (Å²) in [5.74, 6) is 1.40. The average Bonchev–Trinajstić information content (AvgIpc) is 3.52. The molecule has 0 atom stereocenters. The van der Waals surface area contributed by atoms with Crippen molar-refractivity contribution in [1.82, 2.24) is 14.5 Å². The summed E-state index contributed by atoms with van der Waals surface area (Å²) in [6, 6.07) is 54.5. The normalized spacial score (nSPS) is 12.0. The maximum Gasteiger partial charge on any atom is 0.137 e. The van der Waals surface area contributed by atoms with Crippen LogP contribution in [0.1, 0.15) is 73.6 Å². The smallest absolute Gasteiger partial charge is 0.137 e. The van der Waals surface area contributed by atoms with Gasteiger partial charge in [0.2, 0.25) is 0 Å². The van der Waals surface area contributed by atoms with Crippen molar-refractivity contribution >= 4 is 21.8 Å². The fourth-order valence-corrected chi connectivity index (χ4v) is 8.10. The molecule has 0 bridgehead atoms. The largest absolute Gasteiger partial charge is 0.294 e. The van der Waals surface area contributed by atoms with Gasteiger partial charge >= 0.3 is 0 Å². The third kappa shape index (κ3) is 6.16. The number of aromatic nitrogens is 3. The highest BCUT2D eigenvalue weighted by Gasteiger charge is 2.39. The zero-order chi connectivity index (χ0) is 37.5. The van der Waals surface area contributed by atoms with Gasteiger partial charge in [0.05, 0.1) is 33.8 Å². The molecule has 0 aliphatic carbocycles. The van der Waals surface area contributed by atoms with E-state index in [9.17, 15) is 5.26 Å². The highest BCUT2D eigenvalue weighted by molar-refractivity contribution is 6.10. The number of pyridine rings is 2. The van der Waals surface area contributed by atoms with Crippen molar-refractivity contribution in [2.24, 2.45) is 5.92 Å². The van der Waals surface area contributed by atoms with Crippen LogP contribution in [0, 0.1) is 17.2 Å². The molecular weight excluding hydrogens is 657 g/mol. The molecule has 264 valence electrons. The van der Waals surface area contributed by atoms with Crippen molar-refractivity contribution in [3.8, 4) is 23.1 Å². The molecule has 54 heavy (non-hydrogen) atoms. The Morgan fingerprint density at radius 2 is 1.28 bits per heavy atom. The number of nitriles is 1. The minimum Gasteiger partial charge on any atom is -0.294 e. The molecule has 0 fully saturated rings. The van der Waals surface area contributed by atoms with Crippen LogP contribution in [-0.4, -0.2) is 14.5 Å². The third-order valence-electron chi connectivity index (χ3n) is 10.6. The lowest BCUT2D eigenvalue weighted by Crippen LogP contribution is -2.31. The van der Waals surface area contributed by atoms with Crippen LogP contribution in [0.4, 0.5) is 0 Å². The van der Waals surface area contributed by atoms with Gasteiger partial charge in [-0.1, -0.05) is 126 Å². The molecular formula is C50H44N4. The zero-order valence-electron chi connectivity index (χ0n) is 31.6. The lowest BCUT2D eigenvalue weighted by molar-refractivity contribution is 0.588. The van der Waals surface area contributed by atoms with Gasteiger partial charge in [0.25, 0.3) is 0 Å². The van der Waals surface area contributed by atoms with Gasteiger partial charge in [-0.15, -0.1) is 0 Å². The van der Waals surface area contributed by atoms with Crippen molar-refractivity contribution in [2.75, 3.05) is 0 Å². The van der Waals surface area contributed by atoms with Crippen molar-refractivity contribution < 1.29 is 0 Å². The molecule has 0 saturated heterocycles. The fourth-order valence-electron chi connectivity index (χ4n) is 8.10. The Balaban J connectivity index is 1.45. The monoisotopic (exact) mass is 700 g/mol. The third-order valence-corrected chi connectivity index (χ3v) is 10.6. The van der Waals surface area contributed by atoms with E-state index in [1.165, 1.54) is 11.1 Å². The van der Waals surface area contributed by atoms with Gasteiger partial charge in [0.1, 0.15) is 5.82 Å². The molecule has 0 spiro atoms. The number of hydrogen-bond acceptors (Lipinski definition) is 3. The van der Waals surface area contributed by atoms with Crippen molar-refractivity contribution in [3.63, 3.8) is 0 Å². The standard InChI is InChI=1S/C50H44N4/c1-34(2)27-35-23-25-52-45(29-35)37-13-12-18-41(30-37)50(38-14-8-6-9-15-38,39-16-10-7-11-17-39)42-20-21-43-44-28-36(33-51)19-22-46(44)54(47(43)31-42)48-32-40(24-26-53-48)49(3,4)5/h6-26,28-32,34H,27H2,1-5H3. The maximum absolute atomic E-state index is 9.93. The quantitative estimate of drug-likeness (QED) is 0.148. The molecule has 3 aromatic heterocycles. The maximum atomic E-state index is 9.93. The zero-order valence-corrected chi connectivity index (χ0v) is 31.6. The Morgan fingerprint density at radius 3 is 1.96 bits per heavy atom. The SMILES string of the molecule is CC(C)Cc1ccnc(-c2cccc(C(c3ccccc3)(c3ccccc3)c3ccc4c5cc(C#N)ccc5n(-c5cc(C(C)(C)C)ccn5)c4c3)c2)c1. The summed E-state index contributed by atoms with van der Waals surface area (Å²) >= 11 is 0. The predicted octanol–water partition coefficient (Wildman–Crippen LogP) is 12.0.